The summed E-state index contributed by atoms with van der Waals surface area (Å²) in [4.78, 5) is 10.7. The van der Waals surface area contributed by atoms with Gasteiger partial charge in [0, 0.05) is 17.1 Å². The molecule has 0 fully saturated rings. The number of halogens is 2. The van der Waals surface area contributed by atoms with Crippen LogP contribution in [0.3, 0.4) is 0 Å². The van der Waals surface area contributed by atoms with E-state index in [-0.39, 0.29) is 5.97 Å². The first-order valence-electron chi connectivity index (χ1n) is 3.50. The maximum atomic E-state index is 10.4. The van der Waals surface area contributed by atoms with Gasteiger partial charge in [-0.05, 0) is 12.8 Å². The molecule has 0 spiro atoms. The Hall–Kier alpha value is 0.430. The normalized spacial score (nSPS) is 12.6. The van der Waals surface area contributed by atoms with E-state index in [1.165, 1.54) is 6.92 Å². The van der Waals surface area contributed by atoms with Crippen LogP contribution in [0.4, 0.5) is 0 Å². The monoisotopic (exact) mass is 286 g/mol. The molecule has 0 bridgehead atoms. The summed E-state index contributed by atoms with van der Waals surface area (Å²) in [6.45, 7) is 1.90. The smallest absolute Gasteiger partial charge is 0.302 e. The molecule has 0 amide bonds. The molecule has 4 heteroatoms. The Labute approximate surface area is 83.9 Å². The van der Waals surface area contributed by atoms with E-state index in [0.717, 1.165) is 18.2 Å². The first kappa shape index (κ1) is 11.4. The molecule has 0 rings (SSSR count). The summed E-state index contributed by atoms with van der Waals surface area (Å²) in [7, 11) is 0. The van der Waals surface area contributed by atoms with Crippen LogP contribution >= 0.6 is 31.9 Å². The Morgan fingerprint density at radius 1 is 1.64 bits per heavy atom. The van der Waals surface area contributed by atoms with Crippen molar-refractivity contribution in [3.05, 3.63) is 0 Å². The summed E-state index contributed by atoms with van der Waals surface area (Å²) >= 11 is 6.74. The van der Waals surface area contributed by atoms with Crippen LogP contribution in [0.2, 0.25) is 0 Å². The molecular weight excluding hydrogens is 276 g/mol. The Morgan fingerprint density at radius 2 is 2.27 bits per heavy atom. The van der Waals surface area contributed by atoms with Crippen LogP contribution in [0.1, 0.15) is 19.8 Å². The van der Waals surface area contributed by atoms with Crippen molar-refractivity contribution in [3.63, 3.8) is 0 Å². The molecule has 0 aromatic heterocycles. The second kappa shape index (κ2) is 7.10. The van der Waals surface area contributed by atoms with E-state index in [4.69, 9.17) is 4.74 Å². The van der Waals surface area contributed by atoms with E-state index >= 15 is 0 Å². The van der Waals surface area contributed by atoms with E-state index in [0.29, 0.717) is 11.4 Å². The van der Waals surface area contributed by atoms with Gasteiger partial charge in [-0.3, -0.25) is 4.79 Å². The minimum atomic E-state index is -0.215. The lowest BCUT2D eigenvalue weighted by molar-refractivity contribution is -0.140. The van der Waals surface area contributed by atoms with Crippen molar-refractivity contribution < 1.29 is 9.53 Å². The molecule has 1 unspecified atom stereocenters. The van der Waals surface area contributed by atoms with Crippen LogP contribution in [-0.4, -0.2) is 22.7 Å². The van der Waals surface area contributed by atoms with Gasteiger partial charge in [0.1, 0.15) is 6.61 Å². The van der Waals surface area contributed by atoms with Crippen LogP contribution in [0.15, 0.2) is 0 Å². The topological polar surface area (TPSA) is 26.3 Å². The maximum Gasteiger partial charge on any atom is 0.302 e. The van der Waals surface area contributed by atoms with Gasteiger partial charge in [-0.2, -0.15) is 0 Å². The predicted molar refractivity (Wildman–Crippen MR) is 52.4 cm³/mol. The van der Waals surface area contributed by atoms with Crippen LogP contribution in [0.25, 0.3) is 0 Å². The molecule has 0 saturated heterocycles. The zero-order chi connectivity index (χ0) is 8.69. The van der Waals surface area contributed by atoms with Gasteiger partial charge in [0.15, 0.2) is 0 Å². The number of rotatable bonds is 5. The van der Waals surface area contributed by atoms with E-state index in [1.807, 2.05) is 0 Å². The van der Waals surface area contributed by atoms with Gasteiger partial charge in [-0.25, -0.2) is 0 Å². The molecule has 0 aliphatic rings. The van der Waals surface area contributed by atoms with Crippen LogP contribution in [0, 0.1) is 0 Å². The van der Waals surface area contributed by atoms with E-state index in [9.17, 15) is 4.79 Å². The molecule has 0 aromatic carbocycles. The van der Waals surface area contributed by atoms with Gasteiger partial charge < -0.3 is 4.74 Å². The quantitative estimate of drug-likeness (QED) is 0.574. The number of esters is 1. The third-order valence-corrected chi connectivity index (χ3v) is 2.40. The number of alkyl halides is 2. The molecule has 0 N–H and O–H groups in total. The van der Waals surface area contributed by atoms with Crippen molar-refractivity contribution >= 4 is 37.8 Å². The summed E-state index contributed by atoms with van der Waals surface area (Å²) in [5.41, 5.74) is 0. The minimum Gasteiger partial charge on any atom is -0.465 e. The van der Waals surface area contributed by atoms with Crippen molar-refractivity contribution in [1.82, 2.24) is 0 Å². The lowest BCUT2D eigenvalue weighted by atomic mass is 10.3. The van der Waals surface area contributed by atoms with Crippen molar-refractivity contribution in [3.8, 4) is 0 Å². The lowest BCUT2D eigenvalue weighted by Crippen LogP contribution is -2.11. The van der Waals surface area contributed by atoms with Crippen LogP contribution in [0.5, 0.6) is 0 Å². The van der Waals surface area contributed by atoms with Gasteiger partial charge >= 0.3 is 5.97 Å². The summed E-state index contributed by atoms with van der Waals surface area (Å²) in [5, 5.41) is 0.995. The molecule has 0 heterocycles. The van der Waals surface area contributed by atoms with Crippen molar-refractivity contribution in [2.75, 3.05) is 11.9 Å². The highest BCUT2D eigenvalue weighted by Crippen LogP contribution is 2.09. The Bertz CT molecular complexity index is 117. The fourth-order valence-corrected chi connectivity index (χ4v) is 1.37. The number of carbonyl (C=O) groups excluding carboxylic acids is 1. The first-order valence-corrected chi connectivity index (χ1v) is 5.54. The van der Waals surface area contributed by atoms with Gasteiger partial charge in [-0.15, -0.1) is 0 Å². The lowest BCUT2D eigenvalue weighted by Gasteiger charge is -2.07. The van der Waals surface area contributed by atoms with Crippen LogP contribution in [-0.2, 0) is 9.53 Å². The fourth-order valence-electron chi connectivity index (χ4n) is 0.590. The number of carbonyl (C=O) groups is 1. The van der Waals surface area contributed by atoms with Crippen molar-refractivity contribution in [2.24, 2.45) is 0 Å². The van der Waals surface area contributed by atoms with E-state index < -0.39 is 0 Å². The molecule has 0 aromatic rings. The van der Waals surface area contributed by atoms with Gasteiger partial charge in [0.05, 0.1) is 0 Å². The molecule has 0 saturated carbocycles. The van der Waals surface area contributed by atoms with Crippen LogP contribution < -0.4 is 0 Å². The average Bonchev–Trinajstić information content (AvgIpc) is 1.97. The van der Waals surface area contributed by atoms with Crippen molar-refractivity contribution in [1.29, 1.82) is 0 Å². The molecule has 11 heavy (non-hydrogen) atoms. The highest BCUT2D eigenvalue weighted by atomic mass is 79.9. The maximum absolute atomic E-state index is 10.4. The average molecular weight is 288 g/mol. The first-order chi connectivity index (χ1) is 5.16. The number of hydrogen-bond donors (Lipinski definition) is 0. The Kier molecular flexibility index (Phi) is 7.38. The highest BCUT2D eigenvalue weighted by molar-refractivity contribution is 9.09. The molecule has 0 aliphatic heterocycles. The Morgan fingerprint density at radius 3 is 2.73 bits per heavy atom. The molecule has 0 aliphatic carbocycles. The highest BCUT2D eigenvalue weighted by Gasteiger charge is 2.04. The number of hydrogen-bond acceptors (Lipinski definition) is 2. The van der Waals surface area contributed by atoms with Gasteiger partial charge in [0.25, 0.3) is 0 Å². The molecule has 2 nitrogen and oxygen atoms in total. The second-order valence-corrected chi connectivity index (χ2v) is 4.32. The predicted octanol–water partition coefficient (Wildman–Crippen LogP) is 2.49. The largest absolute Gasteiger partial charge is 0.465 e. The molecule has 66 valence electrons. The van der Waals surface area contributed by atoms with Gasteiger partial charge in [0.2, 0.25) is 0 Å². The number of ether oxygens (including phenoxy) is 1. The zero-order valence-electron chi connectivity index (χ0n) is 6.48. The third-order valence-electron chi connectivity index (χ3n) is 1.12. The summed E-state index contributed by atoms with van der Waals surface area (Å²) in [6, 6.07) is 0. The zero-order valence-corrected chi connectivity index (χ0v) is 9.65. The second-order valence-electron chi connectivity index (χ2n) is 2.23. The van der Waals surface area contributed by atoms with Crippen molar-refractivity contribution in [2.45, 2.75) is 24.6 Å². The standard InChI is InChI=1S/C7H12Br2O2/c1-6(10)11-5-7(9)3-2-4-8/h7H,2-5H2,1H3. The van der Waals surface area contributed by atoms with E-state index in [1.54, 1.807) is 0 Å². The molecule has 1 atom stereocenters. The summed E-state index contributed by atoms with van der Waals surface area (Å²) < 4.78 is 4.80. The molecule has 0 radical (unpaired) electrons. The molecular formula is C7H12Br2O2. The summed E-state index contributed by atoms with van der Waals surface area (Å²) in [6.07, 6.45) is 2.12. The third kappa shape index (κ3) is 8.34. The fraction of sp³-hybridized carbons (Fsp3) is 0.857. The van der Waals surface area contributed by atoms with E-state index in [2.05, 4.69) is 31.9 Å². The minimum absolute atomic E-state index is 0.215. The SMILES string of the molecule is CC(=O)OCC(Br)CCCBr. The summed E-state index contributed by atoms with van der Waals surface area (Å²) in [5.74, 6) is -0.215. The Balaban J connectivity index is 3.22. The van der Waals surface area contributed by atoms with Gasteiger partial charge in [-0.1, -0.05) is 31.9 Å².